The molecule has 15 heteroatoms. The summed E-state index contributed by atoms with van der Waals surface area (Å²) < 4.78 is 54.4. The lowest BCUT2D eigenvalue weighted by atomic mass is 9.98. The molecule has 55 heavy (non-hydrogen) atoms. The summed E-state index contributed by atoms with van der Waals surface area (Å²) in [6.07, 6.45) is 1.97. The van der Waals surface area contributed by atoms with Crippen LogP contribution in [0.3, 0.4) is 0 Å². The van der Waals surface area contributed by atoms with E-state index >= 15 is 0 Å². The number of rotatable bonds is 17. The number of hydrogen-bond acceptors (Lipinski definition) is 9. The molecule has 0 saturated heterocycles. The maximum atomic E-state index is 14.0. The summed E-state index contributed by atoms with van der Waals surface area (Å²) in [4.78, 5) is 38.8. The molecule has 6 rings (SSSR count). The van der Waals surface area contributed by atoms with Crippen molar-refractivity contribution in [3.8, 4) is 22.6 Å². The first-order valence-electron chi connectivity index (χ1n) is 17.7. The van der Waals surface area contributed by atoms with E-state index < -0.39 is 36.8 Å². The van der Waals surface area contributed by atoms with Crippen molar-refractivity contribution in [1.29, 1.82) is 0 Å². The van der Waals surface area contributed by atoms with Gasteiger partial charge in [0.1, 0.15) is 28.8 Å². The lowest BCUT2D eigenvalue weighted by Gasteiger charge is -2.24. The standard InChI is InChI=1S/C40H38Cl2F2N2O9/c1-23(47)51-16-6-11-34(45-40(49)53-22-31-28-9-4-2-7-26(28)27-8-3-5-10-29(27)31)38(48)54-36(18-30-32(41)19-46(50)20-33(30)42)25-14-15-35(55-39(43)44)37(17-25)52-21-24-12-13-24/h2-5,7-10,14-15,17,19-20,24,31,34,36,39H,6,11-13,16,18,21-22H2,1H3,(H,45,49)/t34-,36+/m1/s1. The van der Waals surface area contributed by atoms with Crippen LogP contribution in [0.5, 0.6) is 11.5 Å². The number of carbonyl (C=O) groups is 3. The molecule has 0 radical (unpaired) electrons. The number of pyridine rings is 1. The van der Waals surface area contributed by atoms with Crippen molar-refractivity contribution in [3.63, 3.8) is 0 Å². The summed E-state index contributed by atoms with van der Waals surface area (Å²) in [5.74, 6) is -1.58. The van der Waals surface area contributed by atoms with Gasteiger partial charge in [-0.15, -0.1) is 0 Å². The molecule has 0 spiro atoms. The first kappa shape index (κ1) is 39.6. The van der Waals surface area contributed by atoms with Crippen molar-refractivity contribution in [2.24, 2.45) is 5.92 Å². The number of nitrogens with zero attached hydrogens (tertiary/aromatic N) is 1. The first-order valence-corrected chi connectivity index (χ1v) is 18.5. The van der Waals surface area contributed by atoms with Crippen LogP contribution in [0.2, 0.25) is 10.0 Å². The SMILES string of the molecule is CC(=O)OCCC[C@@H](NC(=O)OCC1c2ccccc2-c2ccccc21)C(=O)O[C@@H](Cc1c(Cl)c[n+]([O-])cc1Cl)c1ccc(OC(F)F)c(OCC2CC2)c1. The van der Waals surface area contributed by atoms with Gasteiger partial charge in [0, 0.05) is 24.8 Å². The van der Waals surface area contributed by atoms with Crippen LogP contribution in [0.4, 0.5) is 13.6 Å². The zero-order valence-corrected chi connectivity index (χ0v) is 31.2. The number of fused-ring (bicyclic) bond motifs is 3. The monoisotopic (exact) mass is 798 g/mol. The van der Waals surface area contributed by atoms with Crippen LogP contribution in [0.25, 0.3) is 11.1 Å². The second-order valence-electron chi connectivity index (χ2n) is 13.3. The molecule has 3 aromatic carbocycles. The molecule has 11 nitrogen and oxygen atoms in total. The molecule has 0 bridgehead atoms. The van der Waals surface area contributed by atoms with Crippen molar-refractivity contribution >= 4 is 41.2 Å². The number of amides is 1. The van der Waals surface area contributed by atoms with E-state index in [1.54, 1.807) is 0 Å². The van der Waals surface area contributed by atoms with Crippen LogP contribution in [-0.4, -0.2) is 50.5 Å². The van der Waals surface area contributed by atoms with Crippen LogP contribution in [-0.2, 0) is 30.2 Å². The molecule has 1 saturated carbocycles. The fraction of sp³-hybridized carbons (Fsp3) is 0.350. The van der Waals surface area contributed by atoms with Crippen LogP contribution in [0.15, 0.2) is 79.1 Å². The largest absolute Gasteiger partial charge is 0.619 e. The Kier molecular flexibility index (Phi) is 12.9. The number of hydrogen-bond donors (Lipinski definition) is 1. The Morgan fingerprint density at radius 2 is 1.56 bits per heavy atom. The van der Waals surface area contributed by atoms with Crippen LogP contribution < -0.4 is 19.5 Å². The molecule has 1 N–H and O–H groups in total. The minimum Gasteiger partial charge on any atom is -0.619 e. The van der Waals surface area contributed by atoms with Crippen LogP contribution >= 0.6 is 23.2 Å². The molecule has 1 fully saturated rings. The van der Waals surface area contributed by atoms with Crippen molar-refractivity contribution < 1.29 is 51.6 Å². The summed E-state index contributed by atoms with van der Waals surface area (Å²) in [7, 11) is 0. The predicted molar refractivity (Wildman–Crippen MR) is 197 cm³/mol. The zero-order chi connectivity index (χ0) is 39.1. The van der Waals surface area contributed by atoms with Gasteiger partial charge in [-0.25, -0.2) is 9.59 Å². The number of ether oxygens (including phenoxy) is 5. The number of nitrogens with one attached hydrogen (secondary N) is 1. The van der Waals surface area contributed by atoms with Gasteiger partial charge in [-0.2, -0.15) is 13.5 Å². The van der Waals surface area contributed by atoms with Gasteiger partial charge >= 0.3 is 24.6 Å². The van der Waals surface area contributed by atoms with E-state index in [2.05, 4.69) is 5.32 Å². The molecule has 290 valence electrons. The van der Waals surface area contributed by atoms with E-state index in [1.165, 1.54) is 25.1 Å². The topological polar surface area (TPSA) is 136 Å². The first-order chi connectivity index (χ1) is 26.5. The van der Waals surface area contributed by atoms with E-state index in [0.29, 0.717) is 10.3 Å². The normalized spacial score (nSPS) is 14.4. The van der Waals surface area contributed by atoms with Gasteiger partial charge in [-0.05, 0) is 71.6 Å². The zero-order valence-electron chi connectivity index (χ0n) is 29.7. The lowest BCUT2D eigenvalue weighted by molar-refractivity contribution is -0.605. The van der Waals surface area contributed by atoms with E-state index in [9.17, 15) is 28.4 Å². The average molecular weight is 800 g/mol. The number of halogens is 4. The second-order valence-corrected chi connectivity index (χ2v) is 14.1. The van der Waals surface area contributed by atoms with E-state index in [0.717, 1.165) is 47.5 Å². The Hall–Kier alpha value is -5.14. The van der Waals surface area contributed by atoms with Gasteiger partial charge in [0.25, 0.3) is 0 Å². The van der Waals surface area contributed by atoms with Gasteiger partial charge in [-0.3, -0.25) is 4.79 Å². The third-order valence-electron chi connectivity index (χ3n) is 9.30. The molecule has 1 aromatic heterocycles. The van der Waals surface area contributed by atoms with Gasteiger partial charge in [0.15, 0.2) is 23.9 Å². The molecule has 4 aromatic rings. The lowest BCUT2D eigenvalue weighted by Crippen LogP contribution is -2.43. The number of carbonyl (C=O) groups excluding carboxylic acids is 3. The van der Waals surface area contributed by atoms with Crippen molar-refractivity contribution in [3.05, 3.63) is 117 Å². The average Bonchev–Trinajstić information content (AvgIpc) is 3.92. The Bertz CT molecular complexity index is 1960. The minimum absolute atomic E-state index is 0.00287. The summed E-state index contributed by atoms with van der Waals surface area (Å²) in [6.45, 7) is -1.66. The van der Waals surface area contributed by atoms with E-state index in [4.69, 9.17) is 46.9 Å². The number of benzene rings is 3. The Morgan fingerprint density at radius 3 is 2.18 bits per heavy atom. The van der Waals surface area contributed by atoms with Crippen molar-refractivity contribution in [2.45, 2.75) is 63.7 Å². The van der Waals surface area contributed by atoms with Crippen LogP contribution in [0.1, 0.15) is 66.9 Å². The maximum Gasteiger partial charge on any atom is 0.407 e. The Morgan fingerprint density at radius 1 is 0.909 bits per heavy atom. The van der Waals surface area contributed by atoms with Gasteiger partial charge in [0.2, 0.25) is 0 Å². The Balaban J connectivity index is 1.24. The molecular weight excluding hydrogens is 761 g/mol. The Labute approximate surface area is 326 Å². The third-order valence-corrected chi connectivity index (χ3v) is 9.95. The summed E-state index contributed by atoms with van der Waals surface area (Å²) in [5.41, 5.74) is 4.65. The smallest absolute Gasteiger partial charge is 0.407 e. The third kappa shape index (κ3) is 10.3. The highest BCUT2D eigenvalue weighted by Gasteiger charge is 2.32. The molecular formula is C40H38Cl2F2N2O9. The van der Waals surface area contributed by atoms with Gasteiger partial charge in [-0.1, -0.05) is 77.8 Å². The highest BCUT2D eigenvalue weighted by molar-refractivity contribution is 6.35. The predicted octanol–water partition coefficient (Wildman–Crippen LogP) is 8.09. The van der Waals surface area contributed by atoms with Gasteiger partial charge < -0.3 is 34.2 Å². The van der Waals surface area contributed by atoms with Crippen molar-refractivity contribution in [1.82, 2.24) is 5.32 Å². The summed E-state index contributed by atoms with van der Waals surface area (Å²) in [5, 5.41) is 14.6. The quantitative estimate of drug-likeness (QED) is 0.0370. The summed E-state index contributed by atoms with van der Waals surface area (Å²) >= 11 is 12.8. The molecule has 0 unspecified atom stereocenters. The fourth-order valence-electron chi connectivity index (χ4n) is 6.42. The molecule has 2 atom stereocenters. The molecule has 1 amide bonds. The number of alkyl carbamates (subject to hydrolysis) is 1. The number of esters is 2. The maximum absolute atomic E-state index is 14.0. The molecule has 2 aliphatic carbocycles. The highest BCUT2D eigenvalue weighted by atomic mass is 35.5. The molecule has 1 heterocycles. The van der Waals surface area contributed by atoms with E-state index in [1.807, 2.05) is 48.5 Å². The minimum atomic E-state index is -3.12. The van der Waals surface area contributed by atoms with Crippen molar-refractivity contribution in [2.75, 3.05) is 19.8 Å². The van der Waals surface area contributed by atoms with Gasteiger partial charge in [0.05, 0.1) is 13.2 Å². The fourth-order valence-corrected chi connectivity index (χ4v) is 7.02. The second kappa shape index (κ2) is 18.0. The molecule has 0 aliphatic heterocycles. The summed E-state index contributed by atoms with van der Waals surface area (Å²) in [6, 6.07) is 18.5. The number of aromatic nitrogens is 1. The van der Waals surface area contributed by atoms with E-state index in [-0.39, 0.29) is 78.0 Å². The number of alkyl halides is 2. The highest BCUT2D eigenvalue weighted by Crippen LogP contribution is 2.44. The van der Waals surface area contributed by atoms with Crippen LogP contribution in [0, 0.1) is 11.1 Å². The molecule has 2 aliphatic rings.